The largest absolute Gasteiger partial charge is 0.481 e. The minimum Gasteiger partial charge on any atom is -0.481 e. The molecule has 35 heavy (non-hydrogen) atoms. The number of nitrogens with zero attached hydrogens (tertiary/aromatic N) is 4. The number of hydrogen-bond acceptors (Lipinski definition) is 7. The molecule has 2 saturated heterocycles. The maximum atomic E-state index is 13.5. The van der Waals surface area contributed by atoms with Crippen molar-refractivity contribution >= 4 is 17.0 Å². The molecule has 2 aromatic heterocycles. The molecule has 4 heterocycles. The number of carboxylic acid groups (broad SMARTS) is 1. The molecule has 4 atom stereocenters. The third-order valence-electron chi connectivity index (χ3n) is 7.07. The van der Waals surface area contributed by atoms with Crippen LogP contribution in [0.1, 0.15) is 45.8 Å². The lowest BCUT2D eigenvalue weighted by atomic mass is 9.76. The van der Waals surface area contributed by atoms with Crippen molar-refractivity contribution < 1.29 is 37.3 Å². The first-order valence-electron chi connectivity index (χ1n) is 11.8. The first-order chi connectivity index (χ1) is 16.5. The summed E-state index contributed by atoms with van der Waals surface area (Å²) in [4.78, 5) is 20.6. The van der Waals surface area contributed by atoms with Crippen molar-refractivity contribution in [2.45, 2.75) is 82.1 Å². The highest BCUT2D eigenvalue weighted by Gasteiger charge is 2.57. The van der Waals surface area contributed by atoms with Crippen molar-refractivity contribution in [2.75, 3.05) is 13.1 Å². The Morgan fingerprint density at radius 1 is 1.29 bits per heavy atom. The average Bonchev–Trinajstić information content (AvgIpc) is 3.37. The fraction of sp³-hybridized carbons (Fsp3) is 0.696. The van der Waals surface area contributed by atoms with Gasteiger partial charge in [-0.05, 0) is 45.1 Å². The van der Waals surface area contributed by atoms with Crippen LogP contribution in [0.4, 0.5) is 13.2 Å². The highest BCUT2D eigenvalue weighted by molar-refractivity contribution is 5.74. The SMILES string of the molecule is CC1(C)O[C@@H]2[C@H](O1)[C@@H](CN(CC(F)(F)F)C1CC(CCC(=O)O)C1)O[C@H]2n1ccc2cncnc21. The summed E-state index contributed by atoms with van der Waals surface area (Å²) in [5.41, 5.74) is 0.644. The summed E-state index contributed by atoms with van der Waals surface area (Å²) in [6, 6.07) is 1.57. The standard InChI is InChI=1S/C23H29F3N4O5/c1-22(2)34-18-16(10-29(11-23(24,25)26)15-7-13(8-15)3-4-17(31)32)33-21(19(18)35-22)30-6-5-14-9-27-12-28-20(14)30/h5-6,9,12-13,15-16,18-19,21H,3-4,7-8,10-11H2,1-2H3,(H,31,32)/t13?,15?,16-,18-,19-,21-/m1/s1. The Morgan fingerprint density at radius 3 is 2.74 bits per heavy atom. The van der Waals surface area contributed by atoms with Crippen LogP contribution in [-0.4, -0.2) is 79.9 Å². The van der Waals surface area contributed by atoms with Crippen LogP contribution in [0.25, 0.3) is 11.0 Å². The minimum atomic E-state index is -4.37. The number of carbonyl (C=O) groups is 1. The molecule has 12 heteroatoms. The lowest BCUT2D eigenvalue weighted by molar-refractivity contribution is -0.204. The van der Waals surface area contributed by atoms with E-state index in [1.807, 2.05) is 16.8 Å². The Hall–Kier alpha value is -2.28. The van der Waals surface area contributed by atoms with Crippen molar-refractivity contribution in [1.29, 1.82) is 0 Å². The molecule has 0 amide bonds. The molecule has 3 fully saturated rings. The Labute approximate surface area is 200 Å². The van der Waals surface area contributed by atoms with Crippen LogP contribution in [0.5, 0.6) is 0 Å². The summed E-state index contributed by atoms with van der Waals surface area (Å²) in [5.74, 6) is -1.67. The van der Waals surface area contributed by atoms with E-state index >= 15 is 0 Å². The molecular weight excluding hydrogens is 469 g/mol. The fourth-order valence-electron chi connectivity index (χ4n) is 5.50. The summed E-state index contributed by atoms with van der Waals surface area (Å²) >= 11 is 0. The van der Waals surface area contributed by atoms with Gasteiger partial charge in [0.05, 0.1) is 6.54 Å². The van der Waals surface area contributed by atoms with Gasteiger partial charge in [0.15, 0.2) is 12.0 Å². The van der Waals surface area contributed by atoms with Crippen LogP contribution in [0.15, 0.2) is 24.8 Å². The zero-order chi connectivity index (χ0) is 25.0. The topological polar surface area (TPSA) is 98.9 Å². The number of carboxylic acids is 1. The molecule has 5 rings (SSSR count). The third kappa shape index (κ3) is 5.16. The highest BCUT2D eigenvalue weighted by Crippen LogP contribution is 2.45. The van der Waals surface area contributed by atoms with Crippen LogP contribution < -0.4 is 0 Å². The second kappa shape index (κ2) is 8.99. The lowest BCUT2D eigenvalue weighted by Crippen LogP contribution is -2.52. The molecule has 1 saturated carbocycles. The van der Waals surface area contributed by atoms with Gasteiger partial charge in [-0.15, -0.1) is 0 Å². The quantitative estimate of drug-likeness (QED) is 0.592. The molecule has 2 aromatic rings. The maximum absolute atomic E-state index is 13.5. The van der Waals surface area contributed by atoms with Gasteiger partial charge in [-0.25, -0.2) is 9.97 Å². The van der Waals surface area contributed by atoms with Crippen LogP contribution in [-0.2, 0) is 19.0 Å². The van der Waals surface area contributed by atoms with Crippen molar-refractivity contribution in [3.8, 4) is 0 Å². The Morgan fingerprint density at radius 2 is 2.03 bits per heavy atom. The monoisotopic (exact) mass is 498 g/mol. The van der Waals surface area contributed by atoms with E-state index in [9.17, 15) is 18.0 Å². The second-order valence-electron chi connectivity index (χ2n) is 10.1. The van der Waals surface area contributed by atoms with Crippen molar-refractivity contribution in [3.05, 3.63) is 24.8 Å². The molecule has 1 aliphatic carbocycles. The van der Waals surface area contributed by atoms with Gasteiger partial charge in [0.1, 0.15) is 30.3 Å². The molecule has 0 unspecified atom stereocenters. The number of alkyl halides is 3. The van der Waals surface area contributed by atoms with Crippen LogP contribution in [0, 0.1) is 5.92 Å². The minimum absolute atomic E-state index is 0.0289. The van der Waals surface area contributed by atoms with E-state index in [1.54, 1.807) is 20.0 Å². The van der Waals surface area contributed by atoms with E-state index in [-0.39, 0.29) is 24.9 Å². The summed E-state index contributed by atoms with van der Waals surface area (Å²) < 4.78 is 60.8. The summed E-state index contributed by atoms with van der Waals surface area (Å²) in [6.07, 6.45) is -0.190. The van der Waals surface area contributed by atoms with Gasteiger partial charge >= 0.3 is 12.1 Å². The fourth-order valence-corrected chi connectivity index (χ4v) is 5.50. The molecule has 9 nitrogen and oxygen atoms in total. The Kier molecular flexibility index (Phi) is 6.27. The van der Waals surface area contributed by atoms with Crippen molar-refractivity contribution in [3.63, 3.8) is 0 Å². The third-order valence-corrected chi connectivity index (χ3v) is 7.07. The van der Waals surface area contributed by atoms with Gasteiger partial charge in [0.25, 0.3) is 0 Å². The van der Waals surface area contributed by atoms with Crippen LogP contribution in [0.2, 0.25) is 0 Å². The molecule has 0 aromatic carbocycles. The van der Waals surface area contributed by atoms with Crippen molar-refractivity contribution in [2.24, 2.45) is 5.92 Å². The number of hydrogen-bond donors (Lipinski definition) is 1. The summed E-state index contributed by atoms with van der Waals surface area (Å²) in [6.45, 7) is 2.53. The van der Waals surface area contributed by atoms with Gasteiger partial charge in [0.2, 0.25) is 0 Å². The second-order valence-corrected chi connectivity index (χ2v) is 10.1. The zero-order valence-electron chi connectivity index (χ0n) is 19.5. The number of halogens is 3. The number of fused-ring (bicyclic) bond motifs is 2. The first kappa shape index (κ1) is 24.4. The van der Waals surface area contributed by atoms with Gasteiger partial charge in [-0.3, -0.25) is 9.69 Å². The maximum Gasteiger partial charge on any atom is 0.401 e. The molecule has 3 aliphatic rings. The van der Waals surface area contributed by atoms with Crippen LogP contribution in [0.3, 0.4) is 0 Å². The number of aromatic nitrogens is 3. The zero-order valence-corrected chi connectivity index (χ0v) is 19.5. The molecule has 1 N–H and O–H groups in total. The Balaban J connectivity index is 1.34. The van der Waals surface area contributed by atoms with E-state index in [2.05, 4.69) is 9.97 Å². The van der Waals surface area contributed by atoms with Gasteiger partial charge in [-0.1, -0.05) is 0 Å². The molecule has 0 bridgehead atoms. The van der Waals surface area contributed by atoms with E-state index < -0.39 is 49.0 Å². The predicted octanol–water partition coefficient (Wildman–Crippen LogP) is 3.36. The number of ether oxygens (including phenoxy) is 3. The molecule has 0 radical (unpaired) electrons. The number of rotatable bonds is 8. The molecule has 0 spiro atoms. The van der Waals surface area contributed by atoms with E-state index in [0.29, 0.717) is 24.9 Å². The van der Waals surface area contributed by atoms with Crippen LogP contribution >= 0.6 is 0 Å². The summed E-state index contributed by atoms with van der Waals surface area (Å²) in [5, 5.41) is 9.70. The Bertz CT molecular complexity index is 1070. The average molecular weight is 499 g/mol. The van der Waals surface area contributed by atoms with Gasteiger partial charge in [-0.2, -0.15) is 13.2 Å². The van der Waals surface area contributed by atoms with E-state index in [1.165, 1.54) is 11.2 Å². The first-order valence-corrected chi connectivity index (χ1v) is 11.8. The predicted molar refractivity (Wildman–Crippen MR) is 116 cm³/mol. The molecule has 2 aliphatic heterocycles. The molecular formula is C23H29F3N4O5. The smallest absolute Gasteiger partial charge is 0.401 e. The normalized spacial score (nSPS) is 32.2. The summed E-state index contributed by atoms with van der Waals surface area (Å²) in [7, 11) is 0. The van der Waals surface area contributed by atoms with Crippen molar-refractivity contribution in [1.82, 2.24) is 19.4 Å². The molecule has 192 valence electrons. The lowest BCUT2D eigenvalue weighted by Gasteiger charge is -2.44. The number of aliphatic carboxylic acids is 1. The van der Waals surface area contributed by atoms with Gasteiger partial charge < -0.3 is 23.9 Å². The van der Waals surface area contributed by atoms with E-state index in [4.69, 9.17) is 19.3 Å². The van der Waals surface area contributed by atoms with Gasteiger partial charge in [0, 0.05) is 36.8 Å². The highest BCUT2D eigenvalue weighted by atomic mass is 19.4. The van der Waals surface area contributed by atoms with E-state index in [0.717, 1.165) is 5.39 Å².